The van der Waals surface area contributed by atoms with Crippen molar-refractivity contribution in [1.82, 2.24) is 4.90 Å². The van der Waals surface area contributed by atoms with Crippen molar-refractivity contribution in [1.29, 1.82) is 0 Å². The molecule has 0 saturated carbocycles. The zero-order valence-corrected chi connectivity index (χ0v) is 25.4. The lowest BCUT2D eigenvalue weighted by Gasteiger charge is -2.37. The Labute approximate surface area is 260 Å². The highest BCUT2D eigenvalue weighted by Crippen LogP contribution is 2.39. The van der Waals surface area contributed by atoms with Crippen LogP contribution in [0.5, 0.6) is 11.5 Å². The van der Waals surface area contributed by atoms with E-state index in [1.54, 1.807) is 18.2 Å². The summed E-state index contributed by atoms with van der Waals surface area (Å²) < 4.78 is 90.5. The Kier molecular flexibility index (Phi) is 9.11. The van der Waals surface area contributed by atoms with Crippen LogP contribution in [0.4, 0.5) is 32.0 Å². The molecule has 5 rings (SSSR count). The number of amides is 1. The maximum Gasteiger partial charge on any atom is 0.416 e. The SMILES string of the molecule is COc1cc(/C=C2\SC(N3CCN(c4cccc(C)c4C)CC3)=NC2=O)ccc1OCc1ccc(C(F)(F)F)cc1C(F)(F)F. The number of amidine groups is 1. The van der Waals surface area contributed by atoms with Crippen molar-refractivity contribution in [3.05, 3.63) is 92.9 Å². The van der Waals surface area contributed by atoms with E-state index in [1.807, 2.05) is 6.07 Å². The number of ether oxygens (including phenoxy) is 2. The standard InChI is InChI=1S/C32H29F6N3O3S/c1-19-5-4-6-25(20(19)2)40-11-13-41(14-12-40)30-39-29(42)28(45-30)16-21-7-10-26(27(15-21)43-3)44-18-22-8-9-23(31(33,34)35)17-24(22)32(36,37)38/h4-10,15-17H,11-14,18H2,1-3H3/b28-16-. The number of rotatable bonds is 6. The van der Waals surface area contributed by atoms with Gasteiger partial charge in [0, 0.05) is 37.4 Å². The minimum Gasteiger partial charge on any atom is -0.493 e. The molecule has 0 atom stereocenters. The second-order valence-corrected chi connectivity index (χ2v) is 11.6. The normalized spacial score (nSPS) is 16.8. The van der Waals surface area contributed by atoms with Gasteiger partial charge in [-0.3, -0.25) is 4.79 Å². The van der Waals surface area contributed by atoms with Crippen LogP contribution in [0.15, 0.2) is 64.5 Å². The van der Waals surface area contributed by atoms with Crippen molar-refractivity contribution in [2.45, 2.75) is 32.8 Å². The lowest BCUT2D eigenvalue weighted by molar-refractivity contribution is -0.143. The number of nitrogens with zero attached hydrogens (tertiary/aromatic N) is 3. The van der Waals surface area contributed by atoms with E-state index in [1.165, 1.54) is 41.8 Å². The molecule has 1 amide bonds. The Morgan fingerprint density at radius 2 is 1.60 bits per heavy atom. The van der Waals surface area contributed by atoms with E-state index in [2.05, 4.69) is 40.8 Å². The van der Waals surface area contributed by atoms with E-state index in [0.717, 1.165) is 19.2 Å². The molecule has 0 bridgehead atoms. The van der Waals surface area contributed by atoms with Gasteiger partial charge in [0.2, 0.25) is 0 Å². The van der Waals surface area contributed by atoms with Crippen molar-refractivity contribution in [3.8, 4) is 11.5 Å². The van der Waals surface area contributed by atoms with Gasteiger partial charge < -0.3 is 19.3 Å². The van der Waals surface area contributed by atoms with Gasteiger partial charge in [-0.15, -0.1) is 0 Å². The molecule has 3 aromatic rings. The third-order valence-corrected chi connectivity index (χ3v) is 8.73. The number of aryl methyl sites for hydroxylation is 1. The molecule has 238 valence electrons. The van der Waals surface area contributed by atoms with Crippen LogP contribution in [0.25, 0.3) is 6.08 Å². The minimum atomic E-state index is -5.01. The smallest absolute Gasteiger partial charge is 0.416 e. The molecule has 0 aromatic heterocycles. The van der Waals surface area contributed by atoms with Gasteiger partial charge in [0.25, 0.3) is 5.91 Å². The summed E-state index contributed by atoms with van der Waals surface area (Å²) in [5.74, 6) is -0.131. The monoisotopic (exact) mass is 649 g/mol. The number of aliphatic imine (C=N–C) groups is 1. The van der Waals surface area contributed by atoms with Gasteiger partial charge in [-0.05, 0) is 78.7 Å². The first-order valence-electron chi connectivity index (χ1n) is 13.9. The molecule has 6 nitrogen and oxygen atoms in total. The Bertz CT molecular complexity index is 1660. The molecule has 2 aliphatic heterocycles. The van der Waals surface area contributed by atoms with Gasteiger partial charge in [-0.25, -0.2) is 0 Å². The third-order valence-electron chi connectivity index (χ3n) is 7.69. The summed E-state index contributed by atoms with van der Waals surface area (Å²) in [6, 6.07) is 12.3. The average Bonchev–Trinajstić information content (AvgIpc) is 3.36. The lowest BCUT2D eigenvalue weighted by Crippen LogP contribution is -2.48. The van der Waals surface area contributed by atoms with Crippen LogP contribution in [0.2, 0.25) is 0 Å². The number of carbonyl (C=O) groups excluding carboxylic acids is 1. The van der Waals surface area contributed by atoms with Crippen molar-refractivity contribution in [2.75, 3.05) is 38.2 Å². The number of hydrogen-bond donors (Lipinski definition) is 0. The molecule has 0 unspecified atom stereocenters. The number of methoxy groups -OCH3 is 1. The number of halogens is 6. The summed E-state index contributed by atoms with van der Waals surface area (Å²) in [6.45, 7) is 6.53. The average molecular weight is 650 g/mol. The summed E-state index contributed by atoms with van der Waals surface area (Å²) in [6.07, 6.45) is -8.30. The first-order chi connectivity index (χ1) is 21.2. The highest BCUT2D eigenvalue weighted by Gasteiger charge is 2.38. The molecule has 0 aliphatic carbocycles. The fourth-order valence-corrected chi connectivity index (χ4v) is 6.06. The summed E-state index contributed by atoms with van der Waals surface area (Å²) >= 11 is 1.26. The number of alkyl halides is 6. The van der Waals surface area contributed by atoms with E-state index < -0.39 is 35.6 Å². The highest BCUT2D eigenvalue weighted by atomic mass is 32.2. The highest BCUT2D eigenvalue weighted by molar-refractivity contribution is 8.18. The summed E-state index contributed by atoms with van der Waals surface area (Å²) in [5, 5.41) is 0.621. The van der Waals surface area contributed by atoms with E-state index in [-0.39, 0.29) is 23.5 Å². The Balaban J connectivity index is 1.25. The molecule has 45 heavy (non-hydrogen) atoms. The number of hydrogen-bond acceptors (Lipinski definition) is 6. The maximum absolute atomic E-state index is 13.5. The first-order valence-corrected chi connectivity index (χ1v) is 14.7. The quantitative estimate of drug-likeness (QED) is 0.201. The fraction of sp³-hybridized carbons (Fsp3) is 0.312. The number of carbonyl (C=O) groups is 1. The fourth-order valence-electron chi connectivity index (χ4n) is 5.09. The van der Waals surface area contributed by atoms with E-state index in [0.29, 0.717) is 34.8 Å². The van der Waals surface area contributed by atoms with Gasteiger partial charge in [0.05, 0.1) is 23.1 Å². The second kappa shape index (κ2) is 12.7. The number of benzene rings is 3. The number of anilines is 1. The van der Waals surface area contributed by atoms with E-state index in [4.69, 9.17) is 9.47 Å². The molecule has 0 radical (unpaired) electrons. The molecule has 0 spiro atoms. The second-order valence-electron chi connectivity index (χ2n) is 10.6. The Morgan fingerprint density at radius 1 is 0.889 bits per heavy atom. The molecule has 3 aromatic carbocycles. The van der Waals surface area contributed by atoms with Gasteiger partial charge in [-0.2, -0.15) is 31.3 Å². The van der Waals surface area contributed by atoms with Crippen molar-refractivity contribution < 1.29 is 40.6 Å². The third kappa shape index (κ3) is 7.24. The largest absolute Gasteiger partial charge is 0.493 e. The van der Waals surface area contributed by atoms with Crippen molar-refractivity contribution >= 4 is 34.6 Å². The predicted molar refractivity (Wildman–Crippen MR) is 161 cm³/mol. The van der Waals surface area contributed by atoms with Gasteiger partial charge >= 0.3 is 12.4 Å². The molecule has 1 fully saturated rings. The van der Waals surface area contributed by atoms with Gasteiger partial charge in [0.15, 0.2) is 16.7 Å². The van der Waals surface area contributed by atoms with E-state index >= 15 is 0 Å². The summed E-state index contributed by atoms with van der Waals surface area (Å²) in [5.41, 5.74) is 0.951. The summed E-state index contributed by atoms with van der Waals surface area (Å²) in [7, 11) is 1.34. The zero-order valence-electron chi connectivity index (χ0n) is 24.6. The Morgan fingerprint density at radius 3 is 2.27 bits per heavy atom. The zero-order chi connectivity index (χ0) is 32.5. The maximum atomic E-state index is 13.5. The van der Waals surface area contributed by atoms with Crippen molar-refractivity contribution in [2.24, 2.45) is 4.99 Å². The number of thioether (sulfide) groups is 1. The lowest BCUT2D eigenvalue weighted by atomic mass is 10.0. The van der Waals surface area contributed by atoms with Crippen molar-refractivity contribution in [3.63, 3.8) is 0 Å². The first kappa shape index (κ1) is 32.3. The van der Waals surface area contributed by atoms with Crippen LogP contribution in [0.1, 0.15) is 33.4 Å². The van der Waals surface area contributed by atoms with Crippen LogP contribution >= 0.6 is 11.8 Å². The molecule has 2 aliphatic rings. The molecule has 1 saturated heterocycles. The molecule has 0 N–H and O–H groups in total. The summed E-state index contributed by atoms with van der Waals surface area (Å²) in [4.78, 5) is 21.8. The van der Waals surface area contributed by atoms with Crippen LogP contribution in [0, 0.1) is 13.8 Å². The number of piperazine rings is 1. The molecular weight excluding hydrogens is 620 g/mol. The van der Waals surface area contributed by atoms with Crippen LogP contribution in [0.3, 0.4) is 0 Å². The van der Waals surface area contributed by atoms with Crippen LogP contribution in [-0.4, -0.2) is 49.3 Å². The minimum absolute atomic E-state index is 0.0722. The molecule has 2 heterocycles. The Hall–Kier alpha value is -4.13. The predicted octanol–water partition coefficient (Wildman–Crippen LogP) is 7.72. The van der Waals surface area contributed by atoms with Gasteiger partial charge in [-0.1, -0.05) is 24.3 Å². The van der Waals surface area contributed by atoms with E-state index in [9.17, 15) is 31.1 Å². The molecular formula is C32H29F6N3O3S. The van der Waals surface area contributed by atoms with Crippen LogP contribution in [-0.2, 0) is 23.8 Å². The van der Waals surface area contributed by atoms with Gasteiger partial charge in [0.1, 0.15) is 6.61 Å². The van der Waals surface area contributed by atoms with Crippen LogP contribution < -0.4 is 14.4 Å². The topological polar surface area (TPSA) is 54.4 Å². The molecule has 13 heteroatoms.